The number of pyridine rings is 1. The van der Waals surface area contributed by atoms with Gasteiger partial charge in [0.2, 0.25) is 0 Å². The molecule has 0 aliphatic carbocycles. The standard InChI is InChI=1S/C17H24N6/c1-13-5-4-6-16(21-13)10-19-17(18-2)23-8-7-14(12-23)15-9-20-22(3)11-15/h4-6,9,11,14H,7-8,10,12H2,1-3H3,(H,18,19). The van der Waals surface area contributed by atoms with Crippen molar-refractivity contribution in [1.29, 1.82) is 0 Å². The highest BCUT2D eigenvalue weighted by Gasteiger charge is 2.26. The molecule has 1 fully saturated rings. The molecule has 0 aromatic carbocycles. The normalized spacial score (nSPS) is 18.5. The van der Waals surface area contributed by atoms with Crippen molar-refractivity contribution in [3.05, 3.63) is 47.5 Å². The molecule has 0 amide bonds. The van der Waals surface area contributed by atoms with Crippen molar-refractivity contribution in [2.75, 3.05) is 20.1 Å². The van der Waals surface area contributed by atoms with Crippen LogP contribution in [0.25, 0.3) is 0 Å². The van der Waals surface area contributed by atoms with Crippen LogP contribution in [0, 0.1) is 6.92 Å². The van der Waals surface area contributed by atoms with E-state index in [-0.39, 0.29) is 0 Å². The molecule has 2 aromatic heterocycles. The third-order valence-electron chi connectivity index (χ3n) is 4.27. The maximum Gasteiger partial charge on any atom is 0.193 e. The van der Waals surface area contributed by atoms with E-state index in [4.69, 9.17) is 0 Å². The molecular weight excluding hydrogens is 288 g/mol. The Hall–Kier alpha value is -2.37. The van der Waals surface area contributed by atoms with E-state index in [2.05, 4.69) is 31.5 Å². The van der Waals surface area contributed by atoms with Gasteiger partial charge in [-0.2, -0.15) is 5.10 Å². The number of aliphatic imine (C=N–C) groups is 1. The molecule has 1 atom stereocenters. The molecule has 3 rings (SSSR count). The Morgan fingerprint density at radius 3 is 3.00 bits per heavy atom. The van der Waals surface area contributed by atoms with Gasteiger partial charge in [0.25, 0.3) is 0 Å². The molecule has 1 aliphatic rings. The van der Waals surface area contributed by atoms with Crippen LogP contribution in [-0.4, -0.2) is 45.8 Å². The second kappa shape index (κ2) is 6.81. The number of rotatable bonds is 3. The minimum atomic E-state index is 0.527. The van der Waals surface area contributed by atoms with Crippen molar-refractivity contribution in [2.45, 2.75) is 25.8 Å². The van der Waals surface area contributed by atoms with Gasteiger partial charge in [-0.1, -0.05) is 6.07 Å². The van der Waals surface area contributed by atoms with Crippen molar-refractivity contribution in [3.63, 3.8) is 0 Å². The van der Waals surface area contributed by atoms with Gasteiger partial charge in [0.1, 0.15) is 0 Å². The average Bonchev–Trinajstić information content (AvgIpc) is 3.17. The third-order valence-corrected chi connectivity index (χ3v) is 4.27. The van der Waals surface area contributed by atoms with Gasteiger partial charge in [0.15, 0.2) is 5.96 Å². The summed E-state index contributed by atoms with van der Waals surface area (Å²) < 4.78 is 1.87. The van der Waals surface area contributed by atoms with Crippen LogP contribution in [0.5, 0.6) is 0 Å². The second-order valence-electron chi connectivity index (χ2n) is 6.05. The zero-order valence-electron chi connectivity index (χ0n) is 14.0. The zero-order chi connectivity index (χ0) is 16.2. The van der Waals surface area contributed by atoms with Gasteiger partial charge < -0.3 is 10.2 Å². The number of hydrogen-bond acceptors (Lipinski definition) is 3. The van der Waals surface area contributed by atoms with Crippen LogP contribution in [0.15, 0.2) is 35.6 Å². The maximum atomic E-state index is 4.52. The quantitative estimate of drug-likeness (QED) is 0.692. The van der Waals surface area contributed by atoms with Gasteiger partial charge >= 0.3 is 0 Å². The van der Waals surface area contributed by atoms with E-state index >= 15 is 0 Å². The minimum absolute atomic E-state index is 0.527. The van der Waals surface area contributed by atoms with Crippen LogP contribution >= 0.6 is 0 Å². The van der Waals surface area contributed by atoms with Gasteiger partial charge in [0.05, 0.1) is 18.4 Å². The molecule has 0 saturated carbocycles. The number of aryl methyl sites for hydroxylation is 2. The summed E-state index contributed by atoms with van der Waals surface area (Å²) in [5.74, 6) is 1.47. The van der Waals surface area contributed by atoms with Crippen molar-refractivity contribution >= 4 is 5.96 Å². The predicted octanol–water partition coefficient (Wildman–Crippen LogP) is 1.69. The maximum absolute atomic E-state index is 4.52. The summed E-state index contributed by atoms with van der Waals surface area (Å²) in [6.45, 7) is 4.70. The first-order chi connectivity index (χ1) is 11.2. The summed E-state index contributed by atoms with van der Waals surface area (Å²) in [5, 5.41) is 7.70. The molecule has 1 saturated heterocycles. The Bertz CT molecular complexity index is 690. The van der Waals surface area contributed by atoms with E-state index in [0.717, 1.165) is 36.9 Å². The van der Waals surface area contributed by atoms with E-state index in [0.29, 0.717) is 12.5 Å². The van der Waals surface area contributed by atoms with Crippen LogP contribution < -0.4 is 5.32 Å². The van der Waals surface area contributed by atoms with Crippen LogP contribution in [0.4, 0.5) is 0 Å². The van der Waals surface area contributed by atoms with E-state index in [9.17, 15) is 0 Å². The fraction of sp³-hybridized carbons (Fsp3) is 0.471. The van der Waals surface area contributed by atoms with Crippen molar-refractivity contribution in [1.82, 2.24) is 25.0 Å². The van der Waals surface area contributed by atoms with Crippen molar-refractivity contribution in [3.8, 4) is 0 Å². The topological polar surface area (TPSA) is 58.3 Å². The Kier molecular flexibility index (Phi) is 4.60. The lowest BCUT2D eigenvalue weighted by molar-refractivity contribution is 0.485. The first kappa shape index (κ1) is 15.5. The summed E-state index contributed by atoms with van der Waals surface area (Å²) in [7, 11) is 3.80. The van der Waals surface area contributed by atoms with Crippen LogP contribution in [0.1, 0.15) is 29.3 Å². The summed E-state index contributed by atoms with van der Waals surface area (Å²) in [6, 6.07) is 6.09. The molecule has 1 unspecified atom stereocenters. The molecule has 0 bridgehead atoms. The molecule has 0 radical (unpaired) electrons. The van der Waals surface area contributed by atoms with Crippen molar-refractivity contribution in [2.24, 2.45) is 12.0 Å². The zero-order valence-corrected chi connectivity index (χ0v) is 14.0. The number of likely N-dealkylation sites (tertiary alicyclic amines) is 1. The Morgan fingerprint density at radius 2 is 2.30 bits per heavy atom. The summed E-state index contributed by atoms with van der Waals surface area (Å²) in [5.41, 5.74) is 3.39. The minimum Gasteiger partial charge on any atom is -0.351 e. The van der Waals surface area contributed by atoms with E-state index in [1.54, 1.807) is 0 Å². The molecule has 1 aliphatic heterocycles. The first-order valence-electron chi connectivity index (χ1n) is 8.02. The molecule has 6 heteroatoms. The van der Waals surface area contributed by atoms with E-state index in [1.807, 2.05) is 50.1 Å². The van der Waals surface area contributed by atoms with Crippen LogP contribution in [-0.2, 0) is 13.6 Å². The molecule has 2 aromatic rings. The highest BCUT2D eigenvalue weighted by Crippen LogP contribution is 2.26. The largest absolute Gasteiger partial charge is 0.351 e. The van der Waals surface area contributed by atoms with Gasteiger partial charge in [-0.25, -0.2) is 0 Å². The lowest BCUT2D eigenvalue weighted by Crippen LogP contribution is -2.39. The smallest absolute Gasteiger partial charge is 0.193 e. The number of aromatic nitrogens is 3. The summed E-state index contributed by atoms with van der Waals surface area (Å²) >= 11 is 0. The fourth-order valence-corrected chi connectivity index (χ4v) is 3.08. The molecule has 3 heterocycles. The lowest BCUT2D eigenvalue weighted by Gasteiger charge is -2.21. The van der Waals surface area contributed by atoms with Crippen LogP contribution in [0.2, 0.25) is 0 Å². The van der Waals surface area contributed by atoms with Gasteiger partial charge in [-0.05, 0) is 31.0 Å². The highest BCUT2D eigenvalue weighted by molar-refractivity contribution is 5.80. The Balaban J connectivity index is 1.59. The molecular formula is C17H24N6. The average molecular weight is 312 g/mol. The van der Waals surface area contributed by atoms with Crippen LogP contribution in [0.3, 0.4) is 0 Å². The Labute approximate surface area is 137 Å². The SMILES string of the molecule is CN=C(NCc1cccc(C)n1)N1CCC(c2cnn(C)c2)C1. The monoisotopic (exact) mass is 312 g/mol. The van der Waals surface area contributed by atoms with E-state index in [1.165, 1.54) is 5.56 Å². The third kappa shape index (κ3) is 3.70. The number of guanidine groups is 1. The van der Waals surface area contributed by atoms with Crippen molar-refractivity contribution < 1.29 is 0 Å². The van der Waals surface area contributed by atoms with Gasteiger partial charge in [-0.3, -0.25) is 14.7 Å². The number of hydrogen-bond donors (Lipinski definition) is 1. The van der Waals surface area contributed by atoms with E-state index < -0.39 is 0 Å². The molecule has 23 heavy (non-hydrogen) atoms. The van der Waals surface area contributed by atoms with Gasteiger partial charge in [-0.15, -0.1) is 0 Å². The predicted molar refractivity (Wildman–Crippen MR) is 91.3 cm³/mol. The van der Waals surface area contributed by atoms with Gasteiger partial charge in [0, 0.05) is 45.0 Å². The summed E-state index contributed by atoms with van der Waals surface area (Å²) in [4.78, 5) is 11.3. The Morgan fingerprint density at radius 1 is 1.43 bits per heavy atom. The fourth-order valence-electron chi connectivity index (χ4n) is 3.08. The number of nitrogens with one attached hydrogen (secondary N) is 1. The molecule has 122 valence electrons. The summed E-state index contributed by atoms with van der Waals surface area (Å²) in [6.07, 6.45) is 5.22. The lowest BCUT2D eigenvalue weighted by atomic mass is 10.0. The first-order valence-corrected chi connectivity index (χ1v) is 8.02. The number of nitrogens with zero attached hydrogens (tertiary/aromatic N) is 5. The molecule has 1 N–H and O–H groups in total. The second-order valence-corrected chi connectivity index (χ2v) is 6.05. The molecule has 6 nitrogen and oxygen atoms in total. The molecule has 0 spiro atoms. The highest BCUT2D eigenvalue weighted by atomic mass is 15.3.